The van der Waals surface area contributed by atoms with E-state index in [4.69, 9.17) is 9.84 Å². The monoisotopic (exact) mass is 287 g/mol. The van der Waals surface area contributed by atoms with Gasteiger partial charge in [0.15, 0.2) is 0 Å². The minimum atomic E-state index is -1.07. The molecular weight excluding hydrogens is 270 g/mol. The van der Waals surface area contributed by atoms with Crippen molar-refractivity contribution in [3.05, 3.63) is 34.9 Å². The van der Waals surface area contributed by atoms with Crippen molar-refractivity contribution in [2.75, 3.05) is 7.11 Å². The molecule has 0 radical (unpaired) electrons. The van der Waals surface area contributed by atoms with Gasteiger partial charge in [0, 0.05) is 5.57 Å². The van der Waals surface area contributed by atoms with E-state index in [2.05, 4.69) is 16.5 Å². The van der Waals surface area contributed by atoms with Crippen LogP contribution in [0.1, 0.15) is 31.0 Å². The zero-order valence-corrected chi connectivity index (χ0v) is 12.1. The molecule has 0 aromatic heterocycles. The largest absolute Gasteiger partial charge is 0.497 e. The highest BCUT2D eigenvalue weighted by Gasteiger charge is 2.41. The van der Waals surface area contributed by atoms with Gasteiger partial charge < -0.3 is 9.84 Å². The fourth-order valence-electron chi connectivity index (χ4n) is 2.85. The smallest absolute Gasteiger partial charge is 0.406 e. The zero-order chi connectivity index (χ0) is 15.2. The fraction of sp³-hybridized carbons (Fsp3) is 0.333. The number of rotatable bonds is 3. The van der Waals surface area contributed by atoms with Crippen molar-refractivity contribution < 1.29 is 14.6 Å². The average Bonchev–Trinajstić information content (AvgIpc) is 2.94. The summed E-state index contributed by atoms with van der Waals surface area (Å²) in [5.41, 5.74) is 2.43. The summed E-state index contributed by atoms with van der Waals surface area (Å²) >= 11 is 0. The average molecular weight is 287 g/mol. The molecule has 0 fully saturated rings. The Morgan fingerprint density at radius 3 is 2.90 bits per heavy atom. The van der Waals surface area contributed by atoms with Crippen LogP contribution < -0.4 is 10.1 Å². The third-order valence-corrected chi connectivity index (χ3v) is 3.79. The van der Waals surface area contributed by atoms with Crippen LogP contribution in [0, 0.1) is 0 Å². The van der Waals surface area contributed by atoms with Gasteiger partial charge in [0.05, 0.1) is 13.3 Å². The number of amides is 1. The second-order valence-electron chi connectivity index (χ2n) is 5.62. The number of benzene rings is 1. The van der Waals surface area contributed by atoms with E-state index < -0.39 is 11.8 Å². The standard InChI is InChI=1S/C15H17N3O3/c1-15(2,17-14(19)20)18-13-10(8-16-18)6-9-7-11(21-3)4-5-12(9)13/h4-8,13,17H,1-3H3,(H,19,20). The van der Waals surface area contributed by atoms with E-state index in [0.717, 1.165) is 22.4 Å². The first kappa shape index (κ1) is 13.5. The maximum atomic E-state index is 11.0. The molecule has 2 N–H and O–H groups in total. The van der Waals surface area contributed by atoms with Crippen LogP contribution in [0.2, 0.25) is 0 Å². The van der Waals surface area contributed by atoms with Gasteiger partial charge in [-0.1, -0.05) is 6.07 Å². The molecular formula is C15H17N3O3. The Labute approximate surface area is 122 Å². The number of nitrogens with one attached hydrogen (secondary N) is 1. The van der Waals surface area contributed by atoms with Crippen LogP contribution in [0.15, 0.2) is 28.9 Å². The number of hydrogen-bond donors (Lipinski definition) is 2. The summed E-state index contributed by atoms with van der Waals surface area (Å²) in [5, 5.41) is 17.6. The lowest BCUT2D eigenvalue weighted by Crippen LogP contribution is -2.54. The third-order valence-electron chi connectivity index (χ3n) is 3.79. The fourth-order valence-corrected chi connectivity index (χ4v) is 2.85. The van der Waals surface area contributed by atoms with Gasteiger partial charge in [0.25, 0.3) is 0 Å². The van der Waals surface area contributed by atoms with Gasteiger partial charge >= 0.3 is 6.09 Å². The van der Waals surface area contributed by atoms with Gasteiger partial charge in [-0.3, -0.25) is 10.3 Å². The Morgan fingerprint density at radius 1 is 1.48 bits per heavy atom. The number of methoxy groups -OCH3 is 1. The molecule has 0 saturated heterocycles. The first-order chi connectivity index (χ1) is 9.92. The van der Waals surface area contributed by atoms with Gasteiger partial charge in [-0.15, -0.1) is 0 Å². The van der Waals surface area contributed by atoms with E-state index in [9.17, 15) is 4.79 Å². The highest BCUT2D eigenvalue weighted by Crippen LogP contribution is 2.44. The van der Waals surface area contributed by atoms with Crippen LogP contribution in [0.3, 0.4) is 0 Å². The highest BCUT2D eigenvalue weighted by atomic mass is 16.5. The topological polar surface area (TPSA) is 74.2 Å². The molecule has 2 aliphatic rings. The maximum Gasteiger partial charge on any atom is 0.406 e. The summed E-state index contributed by atoms with van der Waals surface area (Å²) in [5.74, 6) is 0.803. The van der Waals surface area contributed by atoms with Crippen LogP contribution >= 0.6 is 0 Å². The van der Waals surface area contributed by atoms with Crippen molar-refractivity contribution in [2.45, 2.75) is 25.6 Å². The number of fused-ring (bicyclic) bond motifs is 3. The molecule has 1 heterocycles. The van der Waals surface area contributed by atoms with Gasteiger partial charge in [0.2, 0.25) is 0 Å². The van der Waals surface area contributed by atoms with E-state index in [-0.39, 0.29) is 6.04 Å². The van der Waals surface area contributed by atoms with Crippen LogP contribution in [-0.2, 0) is 0 Å². The Morgan fingerprint density at radius 2 is 2.24 bits per heavy atom. The van der Waals surface area contributed by atoms with Crippen LogP contribution in [-0.4, -0.2) is 35.2 Å². The van der Waals surface area contributed by atoms with Gasteiger partial charge in [0.1, 0.15) is 17.5 Å². The molecule has 1 amide bonds. The predicted molar refractivity (Wildman–Crippen MR) is 79.3 cm³/mol. The number of ether oxygens (including phenoxy) is 1. The second kappa shape index (κ2) is 4.51. The van der Waals surface area contributed by atoms with Crippen molar-refractivity contribution in [1.29, 1.82) is 0 Å². The number of hydrogen-bond acceptors (Lipinski definition) is 4. The minimum absolute atomic E-state index is 0.0623. The molecule has 3 rings (SSSR count). The Hall–Kier alpha value is -2.50. The normalized spacial score (nSPS) is 19.1. The molecule has 21 heavy (non-hydrogen) atoms. The van der Waals surface area contributed by atoms with Crippen molar-refractivity contribution >= 4 is 18.4 Å². The van der Waals surface area contributed by atoms with Gasteiger partial charge in [-0.05, 0) is 43.2 Å². The van der Waals surface area contributed by atoms with Crippen molar-refractivity contribution in [1.82, 2.24) is 10.3 Å². The summed E-state index contributed by atoms with van der Waals surface area (Å²) in [6.07, 6.45) is 2.77. The minimum Gasteiger partial charge on any atom is -0.497 e. The molecule has 1 aromatic rings. The lowest BCUT2D eigenvalue weighted by atomic mass is 10.0. The van der Waals surface area contributed by atoms with Crippen molar-refractivity contribution in [3.8, 4) is 5.75 Å². The molecule has 0 bridgehead atoms. The van der Waals surface area contributed by atoms with E-state index >= 15 is 0 Å². The summed E-state index contributed by atoms with van der Waals surface area (Å²) in [6, 6.07) is 5.82. The van der Waals surface area contributed by atoms with Crippen LogP contribution in [0.4, 0.5) is 4.79 Å². The summed E-state index contributed by atoms with van der Waals surface area (Å²) in [7, 11) is 1.64. The molecule has 1 aliphatic heterocycles. The van der Waals surface area contributed by atoms with Crippen LogP contribution in [0.5, 0.6) is 5.75 Å². The number of nitrogens with zero attached hydrogens (tertiary/aromatic N) is 2. The predicted octanol–water partition coefficient (Wildman–Crippen LogP) is 2.44. The molecule has 1 aromatic carbocycles. The highest BCUT2D eigenvalue weighted by molar-refractivity contribution is 5.93. The Kier molecular flexibility index (Phi) is 2.90. The van der Waals surface area contributed by atoms with E-state index in [0.29, 0.717) is 0 Å². The molecule has 0 spiro atoms. The molecule has 6 nitrogen and oxygen atoms in total. The molecule has 0 saturated carbocycles. The lowest BCUT2D eigenvalue weighted by molar-refractivity contribution is 0.0683. The van der Waals surface area contributed by atoms with Crippen LogP contribution in [0.25, 0.3) is 6.08 Å². The van der Waals surface area contributed by atoms with E-state index in [1.807, 2.05) is 18.2 Å². The zero-order valence-electron chi connectivity index (χ0n) is 12.1. The van der Waals surface area contributed by atoms with E-state index in [1.54, 1.807) is 32.2 Å². The number of hydrazone groups is 1. The Bertz CT molecular complexity index is 664. The molecule has 6 heteroatoms. The maximum absolute atomic E-state index is 11.0. The lowest BCUT2D eigenvalue weighted by Gasteiger charge is -2.38. The summed E-state index contributed by atoms with van der Waals surface area (Å²) < 4.78 is 5.24. The third kappa shape index (κ3) is 2.12. The number of carboxylic acid groups (broad SMARTS) is 1. The Balaban J connectivity index is 1.97. The van der Waals surface area contributed by atoms with Crippen molar-refractivity contribution in [3.63, 3.8) is 0 Å². The van der Waals surface area contributed by atoms with E-state index in [1.165, 1.54) is 0 Å². The first-order valence-electron chi connectivity index (χ1n) is 6.66. The molecule has 1 unspecified atom stereocenters. The SMILES string of the molecule is COc1ccc2c(c1)C=C1C=NN(C(C)(C)NC(=O)O)C12. The quantitative estimate of drug-likeness (QED) is 0.895. The first-order valence-corrected chi connectivity index (χ1v) is 6.66. The van der Waals surface area contributed by atoms with Crippen molar-refractivity contribution in [2.24, 2.45) is 5.10 Å². The molecule has 1 aliphatic carbocycles. The second-order valence-corrected chi connectivity index (χ2v) is 5.62. The molecule has 110 valence electrons. The van der Waals surface area contributed by atoms with Gasteiger partial charge in [-0.25, -0.2) is 4.79 Å². The molecule has 1 atom stereocenters. The summed E-state index contributed by atoms with van der Waals surface area (Å²) in [6.45, 7) is 3.59. The summed E-state index contributed by atoms with van der Waals surface area (Å²) in [4.78, 5) is 11.0. The van der Waals surface area contributed by atoms with Gasteiger partial charge in [-0.2, -0.15) is 5.10 Å². The number of carbonyl (C=O) groups is 1.